The monoisotopic (exact) mass is 415 g/mol. The average Bonchev–Trinajstić information content (AvgIpc) is 3.10. The van der Waals surface area contributed by atoms with Gasteiger partial charge in [-0.2, -0.15) is 5.10 Å². The molecule has 2 aliphatic rings. The molecule has 2 heterocycles. The summed E-state index contributed by atoms with van der Waals surface area (Å²) in [6, 6.07) is 6.83. The highest BCUT2D eigenvalue weighted by atomic mass is 19.1. The summed E-state index contributed by atoms with van der Waals surface area (Å²) in [5, 5.41) is 11.1. The van der Waals surface area contributed by atoms with Crippen LogP contribution in [0.1, 0.15) is 33.7 Å². The van der Waals surface area contributed by atoms with Gasteiger partial charge in [0.05, 0.1) is 13.2 Å². The number of halogens is 1. The van der Waals surface area contributed by atoms with Gasteiger partial charge in [0.15, 0.2) is 5.69 Å². The van der Waals surface area contributed by atoms with Gasteiger partial charge in [-0.1, -0.05) is 12.1 Å². The first-order chi connectivity index (χ1) is 14.6. The number of nitrogens with one attached hydrogen (secondary N) is 2. The fourth-order valence-corrected chi connectivity index (χ4v) is 4.25. The van der Waals surface area contributed by atoms with Crippen molar-refractivity contribution < 1.29 is 13.9 Å². The molecule has 1 aromatic heterocycles. The van der Waals surface area contributed by atoms with E-state index in [-0.39, 0.29) is 17.8 Å². The predicted octanol–water partition coefficient (Wildman–Crippen LogP) is 1.27. The van der Waals surface area contributed by atoms with Crippen molar-refractivity contribution in [3.05, 3.63) is 52.6 Å². The van der Waals surface area contributed by atoms with Crippen molar-refractivity contribution in [3.63, 3.8) is 0 Å². The number of nitrogens with zero attached hydrogens (tertiary/aromatic N) is 3. The lowest BCUT2D eigenvalue weighted by molar-refractivity contribution is 0.0383. The first-order valence-corrected chi connectivity index (χ1v) is 10.7. The van der Waals surface area contributed by atoms with Crippen molar-refractivity contribution >= 4 is 5.91 Å². The second-order valence-electron chi connectivity index (χ2n) is 8.05. The first-order valence-electron chi connectivity index (χ1n) is 10.7. The van der Waals surface area contributed by atoms with Gasteiger partial charge in [0.2, 0.25) is 0 Å². The number of hydrogen-bond acceptors (Lipinski definition) is 5. The van der Waals surface area contributed by atoms with E-state index in [2.05, 4.69) is 20.6 Å². The van der Waals surface area contributed by atoms with Gasteiger partial charge in [-0.3, -0.25) is 14.4 Å². The summed E-state index contributed by atoms with van der Waals surface area (Å²) >= 11 is 0. The Morgan fingerprint density at radius 1 is 1.27 bits per heavy atom. The third-order valence-corrected chi connectivity index (χ3v) is 6.00. The fourth-order valence-electron chi connectivity index (χ4n) is 4.25. The summed E-state index contributed by atoms with van der Waals surface area (Å²) < 4.78 is 20.3. The third kappa shape index (κ3) is 5.06. The van der Waals surface area contributed by atoms with Crippen molar-refractivity contribution in [2.45, 2.75) is 31.8 Å². The Balaban J connectivity index is 1.33. The summed E-state index contributed by atoms with van der Waals surface area (Å²) in [6.45, 7) is 5.46. The second-order valence-corrected chi connectivity index (χ2v) is 8.05. The Morgan fingerprint density at radius 3 is 2.80 bits per heavy atom. The lowest BCUT2D eigenvalue weighted by atomic mass is 9.91. The van der Waals surface area contributed by atoms with Crippen LogP contribution in [0.3, 0.4) is 0 Å². The van der Waals surface area contributed by atoms with Gasteiger partial charge in [-0.15, -0.1) is 0 Å². The molecule has 0 spiro atoms. The molecule has 1 amide bonds. The predicted molar refractivity (Wildman–Crippen MR) is 112 cm³/mol. The summed E-state index contributed by atoms with van der Waals surface area (Å²) in [7, 11) is 1.91. The molecule has 162 valence electrons. The van der Waals surface area contributed by atoms with E-state index in [0.717, 1.165) is 68.9 Å². The van der Waals surface area contributed by atoms with Gasteiger partial charge in [-0.05, 0) is 37.0 Å². The Kier molecular flexibility index (Phi) is 6.76. The van der Waals surface area contributed by atoms with Gasteiger partial charge in [0.25, 0.3) is 5.91 Å². The number of aromatic nitrogens is 2. The number of ether oxygens (including phenoxy) is 1. The van der Waals surface area contributed by atoms with Crippen LogP contribution < -0.4 is 10.6 Å². The van der Waals surface area contributed by atoms with Crippen molar-refractivity contribution in [1.29, 1.82) is 0 Å². The van der Waals surface area contributed by atoms with E-state index in [1.165, 1.54) is 12.1 Å². The van der Waals surface area contributed by atoms with Crippen LogP contribution in [0.15, 0.2) is 24.3 Å². The first kappa shape index (κ1) is 21.0. The number of carbonyl (C=O) groups is 1. The molecule has 1 unspecified atom stereocenters. The van der Waals surface area contributed by atoms with Gasteiger partial charge in [-0.25, -0.2) is 4.39 Å². The van der Waals surface area contributed by atoms with Crippen molar-refractivity contribution in [1.82, 2.24) is 25.3 Å². The molecule has 1 aliphatic heterocycles. The van der Waals surface area contributed by atoms with Crippen molar-refractivity contribution in [2.24, 2.45) is 7.05 Å². The van der Waals surface area contributed by atoms with Crippen molar-refractivity contribution in [3.8, 4) is 0 Å². The number of fused-ring (bicyclic) bond motifs is 1. The Bertz CT molecular complexity index is 861. The molecule has 0 radical (unpaired) electrons. The lowest BCUT2D eigenvalue weighted by Gasteiger charge is -2.26. The van der Waals surface area contributed by atoms with Crippen LogP contribution in [0.2, 0.25) is 0 Å². The molecule has 1 atom stereocenters. The van der Waals surface area contributed by atoms with E-state index in [9.17, 15) is 9.18 Å². The molecule has 0 bridgehead atoms. The number of carbonyl (C=O) groups excluding carboxylic acids is 1. The molecule has 1 fully saturated rings. The average molecular weight is 416 g/mol. The maximum Gasteiger partial charge on any atom is 0.272 e. The Hall–Kier alpha value is -2.29. The SMILES string of the molecule is Cn1nc(C(=O)NCCN2CCOCC2)c2c1CCC(NCc1ccc(F)cc1)C2. The quantitative estimate of drug-likeness (QED) is 0.713. The molecule has 1 aromatic carbocycles. The minimum Gasteiger partial charge on any atom is -0.379 e. The van der Waals surface area contributed by atoms with Gasteiger partial charge in [0, 0.05) is 57.1 Å². The molecule has 1 saturated heterocycles. The van der Waals surface area contributed by atoms with E-state index in [0.29, 0.717) is 18.8 Å². The molecule has 8 heteroatoms. The Labute approximate surface area is 176 Å². The van der Waals surface area contributed by atoms with Crippen LogP contribution in [-0.2, 0) is 31.2 Å². The van der Waals surface area contributed by atoms with E-state index in [1.54, 1.807) is 12.1 Å². The molecule has 0 saturated carbocycles. The van der Waals surface area contributed by atoms with Crippen LogP contribution in [0.4, 0.5) is 4.39 Å². The summed E-state index contributed by atoms with van der Waals surface area (Å²) in [5.41, 5.74) is 3.79. The molecule has 30 heavy (non-hydrogen) atoms. The maximum absolute atomic E-state index is 13.1. The number of benzene rings is 1. The second kappa shape index (κ2) is 9.68. The highest BCUT2D eigenvalue weighted by Gasteiger charge is 2.28. The van der Waals surface area contributed by atoms with E-state index in [4.69, 9.17) is 4.74 Å². The largest absolute Gasteiger partial charge is 0.379 e. The molecular formula is C22H30FN5O2. The van der Waals surface area contributed by atoms with Crippen LogP contribution >= 0.6 is 0 Å². The van der Waals surface area contributed by atoms with E-state index >= 15 is 0 Å². The van der Waals surface area contributed by atoms with E-state index < -0.39 is 0 Å². The normalized spacial score (nSPS) is 19.5. The zero-order valence-corrected chi connectivity index (χ0v) is 17.5. The number of aryl methyl sites for hydroxylation is 1. The maximum atomic E-state index is 13.1. The third-order valence-electron chi connectivity index (χ3n) is 6.00. The Morgan fingerprint density at radius 2 is 2.03 bits per heavy atom. The molecule has 4 rings (SSSR count). The molecular weight excluding hydrogens is 385 g/mol. The van der Waals surface area contributed by atoms with Crippen molar-refractivity contribution in [2.75, 3.05) is 39.4 Å². The van der Waals surface area contributed by atoms with Crippen LogP contribution in [0, 0.1) is 5.82 Å². The number of rotatable bonds is 7. The highest BCUT2D eigenvalue weighted by Crippen LogP contribution is 2.24. The molecule has 2 N–H and O–H groups in total. The minimum atomic E-state index is -0.222. The zero-order valence-electron chi connectivity index (χ0n) is 17.5. The lowest BCUT2D eigenvalue weighted by Crippen LogP contribution is -2.41. The van der Waals surface area contributed by atoms with Gasteiger partial charge >= 0.3 is 0 Å². The number of morpholine rings is 1. The van der Waals surface area contributed by atoms with Crippen LogP contribution in [0.25, 0.3) is 0 Å². The zero-order chi connectivity index (χ0) is 20.9. The van der Waals surface area contributed by atoms with Crippen LogP contribution in [0.5, 0.6) is 0 Å². The van der Waals surface area contributed by atoms with E-state index in [1.807, 2.05) is 11.7 Å². The van der Waals surface area contributed by atoms with Gasteiger partial charge in [0.1, 0.15) is 5.82 Å². The summed E-state index contributed by atoms with van der Waals surface area (Å²) in [6.07, 6.45) is 2.66. The topological polar surface area (TPSA) is 71.4 Å². The standard InChI is InChI=1S/C22H30FN5O2/c1-27-20-7-6-18(25-15-16-2-4-17(23)5-3-16)14-19(20)21(26-27)22(29)24-8-9-28-10-12-30-13-11-28/h2-5,18,25H,6-15H2,1H3,(H,24,29). The molecule has 2 aromatic rings. The number of hydrogen-bond donors (Lipinski definition) is 2. The fraction of sp³-hybridized carbons (Fsp3) is 0.545. The molecule has 7 nitrogen and oxygen atoms in total. The number of amides is 1. The highest BCUT2D eigenvalue weighted by molar-refractivity contribution is 5.94. The smallest absolute Gasteiger partial charge is 0.272 e. The van der Waals surface area contributed by atoms with Gasteiger partial charge < -0.3 is 15.4 Å². The molecule has 1 aliphatic carbocycles. The minimum absolute atomic E-state index is 0.0979. The summed E-state index contributed by atoms with van der Waals surface area (Å²) in [5.74, 6) is -0.319. The summed E-state index contributed by atoms with van der Waals surface area (Å²) in [4.78, 5) is 15.1. The van der Waals surface area contributed by atoms with Crippen LogP contribution in [-0.4, -0.2) is 66.0 Å².